The maximum atomic E-state index is 12.8. The average molecular weight is 479 g/mol. The van der Waals surface area contributed by atoms with Gasteiger partial charge in [-0.05, 0) is 49.6 Å². The van der Waals surface area contributed by atoms with E-state index in [1.807, 2.05) is 24.3 Å². The van der Waals surface area contributed by atoms with Crippen LogP contribution < -0.4 is 4.72 Å². The SMILES string of the molecule is O=C(O)CCCC=C[C@@H]1C[C@@H](NS(=O)(=O)c2ccc(Cl)cc2)CN1Cc1ccccc1O. The minimum absolute atomic E-state index is 0.0441. The van der Waals surface area contributed by atoms with Crippen LogP contribution in [0.25, 0.3) is 0 Å². The van der Waals surface area contributed by atoms with Gasteiger partial charge in [-0.2, -0.15) is 0 Å². The van der Waals surface area contributed by atoms with Crippen molar-refractivity contribution in [3.63, 3.8) is 0 Å². The van der Waals surface area contributed by atoms with Crippen molar-refractivity contribution in [1.29, 1.82) is 0 Å². The second-order valence-electron chi connectivity index (χ2n) is 7.85. The number of carbonyl (C=O) groups is 1. The number of allylic oxidation sites excluding steroid dienone is 1. The number of nitrogens with zero attached hydrogens (tertiary/aromatic N) is 1. The van der Waals surface area contributed by atoms with E-state index < -0.39 is 16.0 Å². The second-order valence-corrected chi connectivity index (χ2v) is 10.00. The van der Waals surface area contributed by atoms with Gasteiger partial charge < -0.3 is 10.2 Å². The van der Waals surface area contributed by atoms with Gasteiger partial charge >= 0.3 is 5.97 Å². The molecule has 0 saturated carbocycles. The molecular formula is C23H27ClN2O5S. The summed E-state index contributed by atoms with van der Waals surface area (Å²) >= 11 is 5.87. The molecule has 3 rings (SSSR count). The van der Waals surface area contributed by atoms with Gasteiger partial charge in [0.1, 0.15) is 5.75 Å². The highest BCUT2D eigenvalue weighted by atomic mass is 35.5. The van der Waals surface area contributed by atoms with Gasteiger partial charge in [-0.15, -0.1) is 0 Å². The average Bonchev–Trinajstić information content (AvgIpc) is 3.10. The molecule has 3 N–H and O–H groups in total. The Labute approximate surface area is 193 Å². The summed E-state index contributed by atoms with van der Waals surface area (Å²) in [6.07, 6.45) is 5.80. The lowest BCUT2D eigenvalue weighted by Gasteiger charge is -2.22. The molecule has 1 aliphatic rings. The third-order valence-corrected chi connectivity index (χ3v) is 7.17. The molecule has 0 aromatic heterocycles. The minimum atomic E-state index is -3.70. The Morgan fingerprint density at radius 3 is 2.59 bits per heavy atom. The maximum Gasteiger partial charge on any atom is 0.303 e. The van der Waals surface area contributed by atoms with Gasteiger partial charge in [-0.1, -0.05) is 42.0 Å². The van der Waals surface area contributed by atoms with Crippen molar-refractivity contribution in [3.05, 3.63) is 71.3 Å². The summed E-state index contributed by atoms with van der Waals surface area (Å²) < 4.78 is 28.4. The molecule has 2 atom stereocenters. The van der Waals surface area contributed by atoms with E-state index in [1.165, 1.54) is 24.3 Å². The van der Waals surface area contributed by atoms with Crippen molar-refractivity contribution in [3.8, 4) is 5.75 Å². The van der Waals surface area contributed by atoms with Gasteiger partial charge in [0, 0.05) is 42.2 Å². The number of rotatable bonds is 10. The number of phenols is 1. The van der Waals surface area contributed by atoms with Crippen LogP contribution in [0.5, 0.6) is 5.75 Å². The molecule has 9 heteroatoms. The van der Waals surface area contributed by atoms with Gasteiger partial charge in [0.2, 0.25) is 10.0 Å². The van der Waals surface area contributed by atoms with Crippen LogP contribution in [0.4, 0.5) is 0 Å². The van der Waals surface area contributed by atoms with Gasteiger partial charge in [0.15, 0.2) is 0 Å². The van der Waals surface area contributed by atoms with E-state index in [0.717, 1.165) is 5.56 Å². The van der Waals surface area contributed by atoms with Gasteiger partial charge in [0.05, 0.1) is 4.90 Å². The molecule has 1 fully saturated rings. The van der Waals surface area contributed by atoms with E-state index in [-0.39, 0.29) is 29.1 Å². The standard InChI is InChI=1S/C23H27ClN2O5S/c24-18-10-12-21(13-11-18)32(30,31)25-19-14-20(7-2-1-3-9-23(28)29)26(16-19)15-17-6-4-5-8-22(17)27/h2,4-8,10-13,19-20,25,27H,1,3,9,14-16H2,(H,28,29)/t19-,20-/m1/s1. The van der Waals surface area contributed by atoms with Crippen LogP contribution in [0.15, 0.2) is 65.6 Å². The molecule has 0 spiro atoms. The number of unbranched alkanes of at least 4 members (excludes halogenated alkanes) is 1. The first-order chi connectivity index (χ1) is 15.2. The highest BCUT2D eigenvalue weighted by molar-refractivity contribution is 7.89. The van der Waals surface area contributed by atoms with Crippen molar-refractivity contribution in [2.45, 2.75) is 49.2 Å². The first-order valence-electron chi connectivity index (χ1n) is 10.4. The molecule has 0 unspecified atom stereocenters. The van der Waals surface area contributed by atoms with E-state index in [2.05, 4.69) is 9.62 Å². The summed E-state index contributed by atoms with van der Waals surface area (Å²) in [5.74, 6) is -0.626. The monoisotopic (exact) mass is 478 g/mol. The minimum Gasteiger partial charge on any atom is -0.508 e. The Morgan fingerprint density at radius 1 is 1.19 bits per heavy atom. The molecule has 7 nitrogen and oxygen atoms in total. The maximum absolute atomic E-state index is 12.8. The Kier molecular flexibility index (Phi) is 8.31. The first-order valence-corrected chi connectivity index (χ1v) is 12.3. The van der Waals surface area contributed by atoms with Gasteiger partial charge in [0.25, 0.3) is 0 Å². The summed E-state index contributed by atoms with van der Waals surface area (Å²) in [5.41, 5.74) is 0.762. The zero-order valence-corrected chi connectivity index (χ0v) is 19.1. The molecule has 0 amide bonds. The smallest absolute Gasteiger partial charge is 0.303 e. The molecule has 0 aliphatic carbocycles. The molecule has 1 aliphatic heterocycles. The Balaban J connectivity index is 1.71. The molecule has 0 bridgehead atoms. The highest BCUT2D eigenvalue weighted by Gasteiger charge is 2.33. The second kappa shape index (κ2) is 11.0. The van der Waals surface area contributed by atoms with Crippen molar-refractivity contribution < 1.29 is 23.4 Å². The van der Waals surface area contributed by atoms with Crippen molar-refractivity contribution in [1.82, 2.24) is 9.62 Å². The number of phenolic OH excluding ortho intramolecular Hbond substituents is 1. The number of sulfonamides is 1. The summed E-state index contributed by atoms with van der Waals surface area (Å²) in [7, 11) is -3.70. The fourth-order valence-corrected chi connectivity index (χ4v) is 5.16. The van der Waals surface area contributed by atoms with Crippen molar-refractivity contribution in [2.75, 3.05) is 6.54 Å². The van der Waals surface area contributed by atoms with Crippen LogP contribution in [0.1, 0.15) is 31.2 Å². The number of benzene rings is 2. The van der Waals surface area contributed by atoms with Crippen LogP contribution in [0.3, 0.4) is 0 Å². The third kappa shape index (κ3) is 6.80. The Morgan fingerprint density at radius 2 is 1.91 bits per heavy atom. The van der Waals surface area contributed by atoms with Gasteiger partial charge in [-0.25, -0.2) is 13.1 Å². The molecule has 2 aromatic rings. The molecule has 32 heavy (non-hydrogen) atoms. The molecular weight excluding hydrogens is 452 g/mol. The van der Waals surface area contributed by atoms with E-state index in [1.54, 1.807) is 12.1 Å². The number of hydrogen-bond acceptors (Lipinski definition) is 5. The highest BCUT2D eigenvalue weighted by Crippen LogP contribution is 2.26. The number of halogens is 1. The third-order valence-electron chi connectivity index (χ3n) is 5.38. The fraction of sp³-hybridized carbons (Fsp3) is 0.348. The van der Waals surface area contributed by atoms with Crippen LogP contribution in [-0.2, 0) is 21.4 Å². The number of carboxylic acid groups (broad SMARTS) is 1. The van der Waals surface area contributed by atoms with Crippen LogP contribution in [0, 0.1) is 0 Å². The van der Waals surface area contributed by atoms with Crippen LogP contribution >= 0.6 is 11.6 Å². The summed E-state index contributed by atoms with van der Waals surface area (Å²) in [6.45, 7) is 0.946. The zero-order chi connectivity index (χ0) is 23.1. The van der Waals surface area contributed by atoms with E-state index >= 15 is 0 Å². The molecule has 0 radical (unpaired) electrons. The number of carboxylic acids is 1. The number of aliphatic carboxylic acids is 1. The zero-order valence-electron chi connectivity index (χ0n) is 17.5. The lowest BCUT2D eigenvalue weighted by Crippen LogP contribution is -2.37. The normalized spacial score (nSPS) is 19.5. The largest absolute Gasteiger partial charge is 0.508 e. The predicted octanol–water partition coefficient (Wildman–Crippen LogP) is 3.78. The summed E-state index contributed by atoms with van der Waals surface area (Å²) in [4.78, 5) is 13.0. The number of likely N-dealkylation sites (tertiary alicyclic amines) is 1. The van der Waals surface area contributed by atoms with E-state index in [0.29, 0.717) is 37.4 Å². The Hall–Kier alpha value is -2.39. The molecule has 1 heterocycles. The lowest BCUT2D eigenvalue weighted by molar-refractivity contribution is -0.137. The Bertz CT molecular complexity index is 1060. The van der Waals surface area contributed by atoms with Gasteiger partial charge in [-0.3, -0.25) is 9.69 Å². The molecule has 1 saturated heterocycles. The van der Waals surface area contributed by atoms with E-state index in [4.69, 9.17) is 16.7 Å². The summed E-state index contributed by atoms with van der Waals surface area (Å²) in [5, 5.41) is 19.4. The summed E-state index contributed by atoms with van der Waals surface area (Å²) in [6, 6.07) is 12.7. The van der Waals surface area contributed by atoms with E-state index in [9.17, 15) is 18.3 Å². The molecule has 172 valence electrons. The molecule has 2 aromatic carbocycles. The lowest BCUT2D eigenvalue weighted by atomic mass is 10.1. The predicted molar refractivity (Wildman–Crippen MR) is 123 cm³/mol. The number of para-hydroxylation sites is 1. The number of aromatic hydroxyl groups is 1. The van der Waals surface area contributed by atoms with Crippen molar-refractivity contribution in [2.24, 2.45) is 0 Å². The quantitative estimate of drug-likeness (QED) is 0.354. The fourth-order valence-electron chi connectivity index (χ4n) is 3.79. The first kappa shape index (κ1) is 24.3. The topological polar surface area (TPSA) is 107 Å². The number of hydrogen-bond donors (Lipinski definition) is 3. The van der Waals surface area contributed by atoms with Crippen molar-refractivity contribution >= 4 is 27.6 Å². The van der Waals surface area contributed by atoms with Crippen LogP contribution in [-0.4, -0.2) is 48.1 Å². The van der Waals surface area contributed by atoms with Crippen LogP contribution in [0.2, 0.25) is 5.02 Å². The number of nitrogens with one attached hydrogen (secondary N) is 1.